The highest BCUT2D eigenvalue weighted by Gasteiger charge is 2.32. The van der Waals surface area contributed by atoms with Gasteiger partial charge in [0.05, 0.1) is 0 Å². The number of nitrogens with two attached hydrogens (primary N) is 1. The van der Waals surface area contributed by atoms with Gasteiger partial charge in [-0.15, -0.1) is 0 Å². The molecule has 0 aromatic heterocycles. The summed E-state index contributed by atoms with van der Waals surface area (Å²) in [5, 5.41) is 13.0. The van der Waals surface area contributed by atoms with Crippen molar-refractivity contribution in [3.05, 3.63) is 0 Å². The maximum absolute atomic E-state index is 11.7. The number of carboxylic acid groups (broad SMARTS) is 1. The van der Waals surface area contributed by atoms with Gasteiger partial charge in [0.15, 0.2) is 11.8 Å². The lowest BCUT2D eigenvalue weighted by Crippen LogP contribution is -2.64. The molecular weight excluding hydrogens is 289 g/mol. The Morgan fingerprint density at radius 1 is 1.40 bits per heavy atom. The molecule has 0 heterocycles. The van der Waals surface area contributed by atoms with Gasteiger partial charge in [-0.1, -0.05) is 0 Å². The molecule has 114 valence electrons. The van der Waals surface area contributed by atoms with E-state index in [1.54, 1.807) is 0 Å². The van der Waals surface area contributed by atoms with Crippen molar-refractivity contribution in [2.45, 2.75) is 38.4 Å². The Morgan fingerprint density at radius 2 is 1.95 bits per heavy atom. The summed E-state index contributed by atoms with van der Waals surface area (Å²) < 4.78 is 10.4. The third-order valence-electron chi connectivity index (χ3n) is 2.34. The van der Waals surface area contributed by atoms with Crippen LogP contribution >= 0.6 is 8.03 Å². The summed E-state index contributed by atoms with van der Waals surface area (Å²) >= 11 is 0. The molecule has 2 amide bonds. The number of hydrogen-bond donors (Lipinski definition) is 5. The normalized spacial score (nSPS) is 15.7. The quantitative estimate of drug-likeness (QED) is 0.280. The second-order valence-electron chi connectivity index (χ2n) is 4.46. The maximum Gasteiger partial charge on any atom is 0.505 e. The average molecular weight is 308 g/mol. The molecule has 0 aliphatic carbocycles. The molecule has 6 N–H and O–H groups in total. The van der Waals surface area contributed by atoms with E-state index in [4.69, 9.17) is 15.7 Å². The zero-order valence-electron chi connectivity index (χ0n) is 11.3. The van der Waals surface area contributed by atoms with E-state index < -0.39 is 37.5 Å². The van der Waals surface area contributed by atoms with Crippen LogP contribution in [0.4, 0.5) is 0 Å². The van der Waals surface area contributed by atoms with Crippen molar-refractivity contribution in [2.24, 2.45) is 5.73 Å². The van der Waals surface area contributed by atoms with E-state index in [9.17, 15) is 18.9 Å². The third kappa shape index (κ3) is 7.13. The second-order valence-corrected chi connectivity index (χ2v) is 5.61. The maximum atomic E-state index is 11.7. The molecule has 0 fully saturated rings. The molecular formula is C10H19N3O6P+. The number of hydrogen-bond acceptors (Lipinski definition) is 5. The summed E-state index contributed by atoms with van der Waals surface area (Å²) in [6.45, 7) is 2.48. The molecule has 0 spiro atoms. The first-order valence-electron chi connectivity index (χ1n) is 5.83. The zero-order valence-corrected chi connectivity index (χ0v) is 12.1. The molecule has 0 rings (SSSR count). The lowest BCUT2D eigenvalue weighted by Gasteiger charge is -2.25. The Bertz CT molecular complexity index is 412. The fourth-order valence-electron chi connectivity index (χ4n) is 1.19. The van der Waals surface area contributed by atoms with Crippen LogP contribution in [0, 0.1) is 0 Å². The largest absolute Gasteiger partial charge is 0.505 e. The van der Waals surface area contributed by atoms with Gasteiger partial charge in [-0.25, -0.2) is 0 Å². The number of carbonyl (C=O) groups excluding carboxylic acids is 2. The molecule has 20 heavy (non-hydrogen) atoms. The molecule has 10 heteroatoms. The number of carboxylic acids is 1. The number of carbonyl (C=O) groups is 3. The number of nitrogens with one attached hydrogen (secondary N) is 2. The average Bonchev–Trinajstić information content (AvgIpc) is 2.27. The van der Waals surface area contributed by atoms with E-state index in [0.717, 1.165) is 0 Å². The van der Waals surface area contributed by atoms with Crippen LogP contribution in [0.5, 0.6) is 0 Å². The van der Waals surface area contributed by atoms with E-state index in [-0.39, 0.29) is 19.0 Å². The SMILES string of the molecule is C[C@H](NC(=O)[C@@](C)(N)NC(=O)CCC[P+](=O)O)C(=O)O. The fourth-order valence-corrected chi connectivity index (χ4v) is 1.62. The lowest BCUT2D eigenvalue weighted by molar-refractivity contribution is -0.142. The van der Waals surface area contributed by atoms with Crippen LogP contribution in [0.15, 0.2) is 0 Å². The predicted octanol–water partition coefficient (Wildman–Crippen LogP) is -1.12. The molecule has 0 aromatic carbocycles. The topological polar surface area (TPSA) is 159 Å². The van der Waals surface area contributed by atoms with Gasteiger partial charge >= 0.3 is 14.0 Å². The van der Waals surface area contributed by atoms with Gasteiger partial charge in [0.1, 0.15) is 6.04 Å². The molecule has 0 bridgehead atoms. The van der Waals surface area contributed by atoms with Gasteiger partial charge in [0.25, 0.3) is 5.91 Å². The van der Waals surface area contributed by atoms with E-state index >= 15 is 0 Å². The first-order valence-corrected chi connectivity index (χ1v) is 7.23. The summed E-state index contributed by atoms with van der Waals surface area (Å²) in [4.78, 5) is 42.4. The van der Waals surface area contributed by atoms with Gasteiger partial charge in [-0.05, 0) is 18.4 Å². The summed E-state index contributed by atoms with van der Waals surface area (Å²) in [5.41, 5.74) is 3.84. The summed E-state index contributed by atoms with van der Waals surface area (Å²) in [6, 6.07) is -1.14. The Morgan fingerprint density at radius 3 is 2.40 bits per heavy atom. The van der Waals surface area contributed by atoms with Gasteiger partial charge in [0, 0.05) is 12.8 Å². The highest BCUT2D eigenvalue weighted by atomic mass is 31.1. The highest BCUT2D eigenvalue weighted by molar-refractivity contribution is 7.37. The molecule has 1 unspecified atom stereocenters. The van der Waals surface area contributed by atoms with Gasteiger partial charge in [-0.3, -0.25) is 14.4 Å². The van der Waals surface area contributed by atoms with Gasteiger partial charge in [0.2, 0.25) is 5.91 Å². The Hall–Kier alpha value is -1.57. The highest BCUT2D eigenvalue weighted by Crippen LogP contribution is 2.14. The molecule has 0 aromatic rings. The van der Waals surface area contributed by atoms with Crippen molar-refractivity contribution in [1.29, 1.82) is 0 Å². The minimum Gasteiger partial charge on any atom is -0.480 e. The van der Waals surface area contributed by atoms with Crippen LogP contribution in [0.1, 0.15) is 26.7 Å². The summed E-state index contributed by atoms with van der Waals surface area (Å²) in [5.74, 6) is -2.63. The standard InChI is InChI=1S/C10H18N3O6P/c1-6(8(15)16)12-9(17)10(2,11)13-7(14)4-3-5-20(18)19/h6H,3-5,11H2,1-2H3,(H3-,12,13,14,15,16,17,18,19)/p+1/t6-,10-/m0/s1. The predicted molar refractivity (Wildman–Crippen MR) is 69.9 cm³/mol. The first kappa shape index (κ1) is 18.4. The zero-order chi connectivity index (χ0) is 15.9. The first-order chi connectivity index (χ1) is 9.06. The van der Waals surface area contributed by atoms with Crippen molar-refractivity contribution in [1.82, 2.24) is 10.6 Å². The Balaban J connectivity index is 4.35. The minimum absolute atomic E-state index is 0.0215. The van der Waals surface area contributed by atoms with Crippen LogP contribution in [-0.4, -0.2) is 45.7 Å². The van der Waals surface area contributed by atoms with Crippen LogP contribution in [0.25, 0.3) is 0 Å². The monoisotopic (exact) mass is 308 g/mol. The minimum atomic E-state index is -2.30. The van der Waals surface area contributed by atoms with Crippen molar-refractivity contribution in [3.63, 3.8) is 0 Å². The van der Waals surface area contributed by atoms with Crippen LogP contribution in [-0.2, 0) is 18.9 Å². The van der Waals surface area contributed by atoms with Crippen LogP contribution in [0.3, 0.4) is 0 Å². The van der Waals surface area contributed by atoms with E-state index in [0.29, 0.717) is 0 Å². The summed E-state index contributed by atoms with van der Waals surface area (Å²) in [7, 11) is -2.30. The van der Waals surface area contributed by atoms with E-state index in [1.807, 2.05) is 0 Å². The smallest absolute Gasteiger partial charge is 0.480 e. The van der Waals surface area contributed by atoms with Gasteiger partial charge < -0.3 is 21.5 Å². The van der Waals surface area contributed by atoms with E-state index in [2.05, 4.69) is 10.6 Å². The van der Waals surface area contributed by atoms with Gasteiger partial charge in [-0.2, -0.15) is 4.89 Å². The molecule has 0 saturated carbocycles. The third-order valence-corrected chi connectivity index (χ3v) is 3.04. The van der Waals surface area contributed by atoms with Crippen molar-refractivity contribution >= 4 is 25.8 Å². The summed E-state index contributed by atoms with van der Waals surface area (Å²) in [6.07, 6.45) is 0.100. The van der Waals surface area contributed by atoms with E-state index in [1.165, 1.54) is 13.8 Å². The molecule has 0 aliphatic heterocycles. The Kier molecular flexibility index (Phi) is 7.26. The number of amides is 2. The number of aliphatic carboxylic acids is 1. The molecule has 0 aliphatic rings. The molecule has 3 atom stereocenters. The van der Waals surface area contributed by atoms with Crippen molar-refractivity contribution in [3.8, 4) is 0 Å². The fraction of sp³-hybridized carbons (Fsp3) is 0.700. The number of rotatable bonds is 8. The van der Waals surface area contributed by atoms with Crippen LogP contribution in [0.2, 0.25) is 0 Å². The lowest BCUT2D eigenvalue weighted by atomic mass is 10.1. The molecule has 0 saturated heterocycles. The van der Waals surface area contributed by atoms with Crippen LogP contribution < -0.4 is 16.4 Å². The van der Waals surface area contributed by atoms with Crippen molar-refractivity contribution < 1.29 is 28.9 Å². The van der Waals surface area contributed by atoms with Crippen molar-refractivity contribution in [2.75, 3.05) is 6.16 Å². The Labute approximate surface area is 116 Å². The second kappa shape index (κ2) is 7.88. The molecule has 0 radical (unpaired) electrons. The molecule has 9 nitrogen and oxygen atoms in total.